The van der Waals surface area contributed by atoms with Crippen LogP contribution in [0.15, 0.2) is 17.0 Å². The highest BCUT2D eigenvalue weighted by Gasteiger charge is 2.21. The standard InChI is InChI=1S/C11H13Cl2NO4S/c1-3-6(2)18-11(15)7-4-10(19(14,16)17)9(13)5-8(7)12/h4-6H,3H2,1-2H3,(H2,14,16,17). The number of esters is 1. The molecule has 1 aromatic carbocycles. The second-order valence-electron chi connectivity index (χ2n) is 3.93. The summed E-state index contributed by atoms with van der Waals surface area (Å²) in [4.78, 5) is 11.5. The normalized spacial score (nSPS) is 13.1. The van der Waals surface area contributed by atoms with Crippen molar-refractivity contribution in [2.45, 2.75) is 31.3 Å². The van der Waals surface area contributed by atoms with E-state index in [1.54, 1.807) is 6.92 Å². The summed E-state index contributed by atoms with van der Waals surface area (Å²) in [6, 6.07) is 2.17. The lowest BCUT2D eigenvalue weighted by molar-refractivity contribution is 0.0334. The number of rotatable bonds is 4. The van der Waals surface area contributed by atoms with Gasteiger partial charge in [0.15, 0.2) is 0 Å². The summed E-state index contributed by atoms with van der Waals surface area (Å²) in [7, 11) is -4.04. The third-order valence-electron chi connectivity index (χ3n) is 2.43. The zero-order valence-corrected chi connectivity index (χ0v) is 12.6. The van der Waals surface area contributed by atoms with Crippen LogP contribution in [0.5, 0.6) is 0 Å². The number of benzene rings is 1. The van der Waals surface area contributed by atoms with Gasteiger partial charge in [-0.3, -0.25) is 0 Å². The molecule has 0 saturated carbocycles. The number of halogens is 2. The van der Waals surface area contributed by atoms with Crippen molar-refractivity contribution in [2.24, 2.45) is 5.14 Å². The lowest BCUT2D eigenvalue weighted by Crippen LogP contribution is -2.17. The van der Waals surface area contributed by atoms with Crippen molar-refractivity contribution >= 4 is 39.2 Å². The predicted molar refractivity (Wildman–Crippen MR) is 73.0 cm³/mol. The molecule has 8 heteroatoms. The Morgan fingerprint density at radius 2 is 1.95 bits per heavy atom. The van der Waals surface area contributed by atoms with Crippen LogP contribution in [0.3, 0.4) is 0 Å². The van der Waals surface area contributed by atoms with Crippen molar-refractivity contribution in [2.75, 3.05) is 0 Å². The lowest BCUT2D eigenvalue weighted by Gasteiger charge is -2.12. The molecule has 0 heterocycles. The molecule has 0 aliphatic carbocycles. The number of primary sulfonamides is 1. The van der Waals surface area contributed by atoms with Gasteiger partial charge in [-0.05, 0) is 25.5 Å². The Morgan fingerprint density at radius 3 is 2.42 bits per heavy atom. The first-order valence-electron chi connectivity index (χ1n) is 5.39. The van der Waals surface area contributed by atoms with Crippen LogP contribution < -0.4 is 5.14 Å². The Balaban J connectivity index is 3.26. The fourth-order valence-corrected chi connectivity index (χ4v) is 2.63. The number of sulfonamides is 1. The average Bonchev–Trinajstić information content (AvgIpc) is 2.26. The molecule has 0 aromatic heterocycles. The highest BCUT2D eigenvalue weighted by Crippen LogP contribution is 2.28. The molecule has 5 nitrogen and oxygen atoms in total. The Kier molecular flexibility index (Phi) is 5.20. The van der Waals surface area contributed by atoms with Crippen LogP contribution in [-0.2, 0) is 14.8 Å². The molecule has 0 aliphatic rings. The summed E-state index contributed by atoms with van der Waals surface area (Å²) in [6.07, 6.45) is 0.316. The number of ether oxygens (including phenoxy) is 1. The lowest BCUT2D eigenvalue weighted by atomic mass is 10.2. The highest BCUT2D eigenvalue weighted by atomic mass is 35.5. The summed E-state index contributed by atoms with van der Waals surface area (Å²) in [5, 5.41) is 4.86. The fourth-order valence-electron chi connectivity index (χ4n) is 1.23. The SMILES string of the molecule is CCC(C)OC(=O)c1cc(S(N)(=O)=O)c(Cl)cc1Cl. The topological polar surface area (TPSA) is 86.5 Å². The third kappa shape index (κ3) is 4.07. The van der Waals surface area contributed by atoms with Gasteiger partial charge < -0.3 is 4.74 Å². The quantitative estimate of drug-likeness (QED) is 0.862. The van der Waals surface area contributed by atoms with Crippen LogP contribution in [0, 0.1) is 0 Å². The Hall–Kier alpha value is -0.820. The van der Waals surface area contributed by atoms with Crippen molar-refractivity contribution in [3.8, 4) is 0 Å². The monoisotopic (exact) mass is 325 g/mol. The number of hydrogen-bond acceptors (Lipinski definition) is 4. The van der Waals surface area contributed by atoms with E-state index in [1.165, 1.54) is 0 Å². The van der Waals surface area contributed by atoms with Crippen LogP contribution in [0.1, 0.15) is 30.6 Å². The van der Waals surface area contributed by atoms with E-state index in [0.717, 1.165) is 12.1 Å². The zero-order valence-electron chi connectivity index (χ0n) is 10.3. The van der Waals surface area contributed by atoms with Crippen LogP contribution in [0.4, 0.5) is 0 Å². The summed E-state index contributed by atoms with van der Waals surface area (Å²) >= 11 is 11.6. The van der Waals surface area contributed by atoms with E-state index in [-0.39, 0.29) is 26.6 Å². The highest BCUT2D eigenvalue weighted by molar-refractivity contribution is 7.89. The van der Waals surface area contributed by atoms with E-state index in [0.29, 0.717) is 6.42 Å². The van der Waals surface area contributed by atoms with E-state index in [9.17, 15) is 13.2 Å². The second kappa shape index (κ2) is 6.09. The molecule has 0 aliphatic heterocycles. The molecule has 1 rings (SSSR count). The molecular weight excluding hydrogens is 313 g/mol. The van der Waals surface area contributed by atoms with Crippen LogP contribution in [-0.4, -0.2) is 20.5 Å². The Labute approximate surface area is 121 Å². The minimum absolute atomic E-state index is 0.00528. The van der Waals surface area contributed by atoms with Crippen LogP contribution >= 0.6 is 23.2 Å². The minimum atomic E-state index is -4.04. The molecule has 106 valence electrons. The zero-order chi connectivity index (χ0) is 14.8. The number of carbonyl (C=O) groups is 1. The van der Waals surface area contributed by atoms with E-state index in [1.807, 2.05) is 6.92 Å². The van der Waals surface area contributed by atoms with E-state index in [2.05, 4.69) is 0 Å². The number of carbonyl (C=O) groups excluding carboxylic acids is 1. The van der Waals surface area contributed by atoms with Gasteiger partial charge in [0.2, 0.25) is 10.0 Å². The molecule has 1 unspecified atom stereocenters. The van der Waals surface area contributed by atoms with Gasteiger partial charge in [-0.1, -0.05) is 30.1 Å². The maximum absolute atomic E-state index is 11.8. The largest absolute Gasteiger partial charge is 0.459 e. The molecule has 19 heavy (non-hydrogen) atoms. The smallest absolute Gasteiger partial charge is 0.339 e. The molecule has 0 fully saturated rings. The van der Waals surface area contributed by atoms with Crippen molar-refractivity contribution in [3.63, 3.8) is 0 Å². The van der Waals surface area contributed by atoms with Crippen LogP contribution in [0.2, 0.25) is 10.0 Å². The Bertz CT molecular complexity index is 601. The maximum Gasteiger partial charge on any atom is 0.339 e. The van der Waals surface area contributed by atoms with Crippen LogP contribution in [0.25, 0.3) is 0 Å². The minimum Gasteiger partial charge on any atom is -0.459 e. The molecule has 0 bridgehead atoms. The molecule has 0 amide bonds. The maximum atomic E-state index is 11.8. The third-order valence-corrected chi connectivity index (χ3v) is 4.12. The van der Waals surface area contributed by atoms with E-state index < -0.39 is 16.0 Å². The molecule has 1 aromatic rings. The van der Waals surface area contributed by atoms with Gasteiger partial charge in [-0.15, -0.1) is 0 Å². The second-order valence-corrected chi connectivity index (χ2v) is 6.28. The van der Waals surface area contributed by atoms with Gasteiger partial charge in [-0.2, -0.15) is 0 Å². The van der Waals surface area contributed by atoms with Gasteiger partial charge >= 0.3 is 5.97 Å². The first-order valence-corrected chi connectivity index (χ1v) is 7.69. The van der Waals surface area contributed by atoms with Gasteiger partial charge in [0, 0.05) is 0 Å². The van der Waals surface area contributed by atoms with Crippen molar-refractivity contribution in [1.82, 2.24) is 0 Å². The van der Waals surface area contributed by atoms with E-state index >= 15 is 0 Å². The van der Waals surface area contributed by atoms with E-state index in [4.69, 9.17) is 33.1 Å². The summed E-state index contributed by atoms with van der Waals surface area (Å²) < 4.78 is 27.7. The Morgan fingerprint density at radius 1 is 1.37 bits per heavy atom. The van der Waals surface area contributed by atoms with Gasteiger partial charge in [0.25, 0.3) is 0 Å². The van der Waals surface area contributed by atoms with Crippen molar-refractivity contribution in [3.05, 3.63) is 27.7 Å². The van der Waals surface area contributed by atoms with Crippen molar-refractivity contribution in [1.29, 1.82) is 0 Å². The van der Waals surface area contributed by atoms with Gasteiger partial charge in [-0.25, -0.2) is 18.4 Å². The summed E-state index contributed by atoms with van der Waals surface area (Å²) in [6.45, 7) is 3.56. The summed E-state index contributed by atoms with van der Waals surface area (Å²) in [5.74, 6) is -0.721. The number of hydrogen-bond donors (Lipinski definition) is 1. The van der Waals surface area contributed by atoms with Gasteiger partial charge in [0.1, 0.15) is 4.90 Å². The molecule has 0 radical (unpaired) electrons. The van der Waals surface area contributed by atoms with Crippen molar-refractivity contribution < 1.29 is 17.9 Å². The number of nitrogens with two attached hydrogens (primary N) is 1. The summed E-state index contributed by atoms with van der Waals surface area (Å²) in [5.41, 5.74) is -0.0876. The van der Waals surface area contributed by atoms with Gasteiger partial charge in [0.05, 0.1) is 21.7 Å². The molecule has 2 N–H and O–H groups in total. The fraction of sp³-hybridized carbons (Fsp3) is 0.364. The molecule has 0 saturated heterocycles. The predicted octanol–water partition coefficient (Wildman–Crippen LogP) is 2.60. The molecule has 0 spiro atoms. The molecular formula is C11H13Cl2NO4S. The first-order chi connectivity index (χ1) is 8.66. The molecule has 1 atom stereocenters. The first kappa shape index (κ1) is 16.2. The average molecular weight is 326 g/mol.